The van der Waals surface area contributed by atoms with Crippen molar-refractivity contribution in [3.63, 3.8) is 0 Å². The molecule has 1 aliphatic heterocycles. The molecule has 154 valence electrons. The molecule has 0 saturated carbocycles. The van der Waals surface area contributed by atoms with Crippen LogP contribution in [0.15, 0.2) is 41.5 Å². The van der Waals surface area contributed by atoms with Gasteiger partial charge in [0.1, 0.15) is 5.01 Å². The van der Waals surface area contributed by atoms with Gasteiger partial charge in [-0.3, -0.25) is 14.8 Å². The van der Waals surface area contributed by atoms with Crippen LogP contribution >= 0.6 is 35.3 Å². The van der Waals surface area contributed by atoms with Gasteiger partial charge in [-0.15, -0.1) is 35.3 Å². The van der Waals surface area contributed by atoms with Crippen LogP contribution in [0.1, 0.15) is 15.4 Å². The zero-order valence-electron chi connectivity index (χ0n) is 16.7. The fraction of sp³-hybridized carbons (Fsp3) is 0.500. The molecule has 8 heteroatoms. The number of benzene rings is 1. The van der Waals surface area contributed by atoms with Crippen molar-refractivity contribution in [2.75, 3.05) is 46.3 Å². The largest absolute Gasteiger partial charge is 0.355 e. The number of halogens is 1. The Bertz CT molecular complexity index is 712. The molecule has 1 aromatic heterocycles. The number of aryl methyl sites for hydroxylation is 1. The number of thiazole rings is 1. The summed E-state index contributed by atoms with van der Waals surface area (Å²) in [7, 11) is 1.81. The maximum atomic E-state index is 4.37. The number of nitrogens with one attached hydrogen (secondary N) is 2. The van der Waals surface area contributed by atoms with E-state index in [4.69, 9.17) is 0 Å². The average molecular weight is 514 g/mol. The van der Waals surface area contributed by atoms with Crippen LogP contribution in [0.5, 0.6) is 0 Å². The second-order valence-electron chi connectivity index (χ2n) is 6.82. The second kappa shape index (κ2) is 12.4. The Hall–Kier alpha value is -1.23. The third kappa shape index (κ3) is 7.65. The Kier molecular flexibility index (Phi) is 10.2. The number of guanidine groups is 1. The molecule has 0 radical (unpaired) electrons. The van der Waals surface area contributed by atoms with Crippen LogP contribution in [0.4, 0.5) is 0 Å². The molecule has 2 N–H and O–H groups in total. The summed E-state index contributed by atoms with van der Waals surface area (Å²) in [5.74, 6) is 0.838. The number of hydrogen-bond donors (Lipinski definition) is 2. The Morgan fingerprint density at radius 3 is 2.46 bits per heavy atom. The van der Waals surface area contributed by atoms with E-state index in [-0.39, 0.29) is 24.0 Å². The van der Waals surface area contributed by atoms with E-state index in [1.54, 1.807) is 11.3 Å². The summed E-state index contributed by atoms with van der Waals surface area (Å²) in [4.78, 5) is 15.0. The van der Waals surface area contributed by atoms with Gasteiger partial charge in [0, 0.05) is 63.9 Å². The molecule has 0 atom stereocenters. The van der Waals surface area contributed by atoms with Crippen molar-refractivity contribution >= 4 is 41.3 Å². The molecule has 0 bridgehead atoms. The lowest BCUT2D eigenvalue weighted by Gasteiger charge is -2.34. The number of rotatable bonds is 7. The van der Waals surface area contributed by atoms with E-state index < -0.39 is 0 Å². The van der Waals surface area contributed by atoms with Crippen molar-refractivity contribution in [2.24, 2.45) is 4.99 Å². The Morgan fingerprint density at radius 1 is 1.11 bits per heavy atom. The molecule has 1 saturated heterocycles. The molecule has 0 unspecified atom stereocenters. The molecule has 1 aromatic carbocycles. The first-order valence-electron chi connectivity index (χ1n) is 9.57. The lowest BCUT2D eigenvalue weighted by Crippen LogP contribution is -2.48. The van der Waals surface area contributed by atoms with Gasteiger partial charge in [0.2, 0.25) is 0 Å². The van der Waals surface area contributed by atoms with Crippen LogP contribution < -0.4 is 10.6 Å². The van der Waals surface area contributed by atoms with E-state index in [1.165, 1.54) is 10.4 Å². The summed E-state index contributed by atoms with van der Waals surface area (Å²) in [6.45, 7) is 10.3. The van der Waals surface area contributed by atoms with Gasteiger partial charge < -0.3 is 10.6 Å². The van der Waals surface area contributed by atoms with Crippen molar-refractivity contribution in [3.05, 3.63) is 52.0 Å². The fourth-order valence-corrected chi connectivity index (χ4v) is 3.93. The smallest absolute Gasteiger partial charge is 0.191 e. The lowest BCUT2D eigenvalue weighted by molar-refractivity contribution is 0.129. The summed E-state index contributed by atoms with van der Waals surface area (Å²) in [5, 5.41) is 7.82. The summed E-state index contributed by atoms with van der Waals surface area (Å²) >= 11 is 1.72. The predicted molar refractivity (Wildman–Crippen MR) is 129 cm³/mol. The molecular formula is C20H31IN6S. The normalized spacial score (nSPS) is 15.9. The van der Waals surface area contributed by atoms with Crippen molar-refractivity contribution in [1.29, 1.82) is 0 Å². The van der Waals surface area contributed by atoms with Crippen molar-refractivity contribution < 1.29 is 0 Å². The monoisotopic (exact) mass is 514 g/mol. The third-order valence-electron chi connectivity index (χ3n) is 4.73. The van der Waals surface area contributed by atoms with Gasteiger partial charge >= 0.3 is 0 Å². The minimum absolute atomic E-state index is 0. The molecule has 0 spiro atoms. The third-order valence-corrected chi connectivity index (χ3v) is 5.65. The highest BCUT2D eigenvalue weighted by Gasteiger charge is 2.16. The van der Waals surface area contributed by atoms with Gasteiger partial charge in [-0.1, -0.05) is 30.3 Å². The van der Waals surface area contributed by atoms with Gasteiger partial charge in [-0.25, -0.2) is 4.98 Å². The van der Waals surface area contributed by atoms with Crippen molar-refractivity contribution in [3.8, 4) is 0 Å². The first kappa shape index (κ1) is 23.1. The highest BCUT2D eigenvalue weighted by molar-refractivity contribution is 14.0. The molecule has 0 aliphatic carbocycles. The molecule has 6 nitrogen and oxygen atoms in total. The van der Waals surface area contributed by atoms with E-state index >= 15 is 0 Å². The van der Waals surface area contributed by atoms with Gasteiger partial charge in [-0.2, -0.15) is 0 Å². The Morgan fingerprint density at radius 2 is 1.82 bits per heavy atom. The first-order chi connectivity index (χ1) is 13.2. The summed E-state index contributed by atoms with van der Waals surface area (Å²) in [6, 6.07) is 10.7. The quantitative estimate of drug-likeness (QED) is 0.338. The van der Waals surface area contributed by atoms with E-state index in [1.807, 2.05) is 13.2 Å². The molecule has 28 heavy (non-hydrogen) atoms. The zero-order chi connectivity index (χ0) is 18.9. The first-order valence-corrected chi connectivity index (χ1v) is 10.4. The zero-order valence-corrected chi connectivity index (χ0v) is 19.9. The van der Waals surface area contributed by atoms with Gasteiger partial charge in [-0.05, 0) is 12.5 Å². The SMILES string of the molecule is CN=C(NCCN1CCN(Cc2ccccc2)CC1)NCc1ncc(C)s1.I. The van der Waals surface area contributed by atoms with Crippen LogP contribution in [-0.4, -0.2) is 67.1 Å². The summed E-state index contributed by atoms with van der Waals surface area (Å²) < 4.78 is 0. The number of aromatic nitrogens is 1. The fourth-order valence-electron chi connectivity index (χ4n) is 3.21. The summed E-state index contributed by atoms with van der Waals surface area (Å²) in [6.07, 6.45) is 1.91. The maximum Gasteiger partial charge on any atom is 0.191 e. The Balaban J connectivity index is 0.00000280. The van der Waals surface area contributed by atoms with Crippen molar-refractivity contribution in [2.45, 2.75) is 20.0 Å². The van der Waals surface area contributed by atoms with Crippen LogP contribution in [-0.2, 0) is 13.1 Å². The Labute approximate surface area is 189 Å². The molecule has 2 aromatic rings. The minimum Gasteiger partial charge on any atom is -0.355 e. The van der Waals surface area contributed by atoms with E-state index in [0.29, 0.717) is 0 Å². The standard InChI is InChI=1S/C20H30N6S.HI/c1-17-14-23-19(27-17)15-24-20(21-2)22-8-9-25-10-12-26(13-11-25)16-18-6-4-3-5-7-18;/h3-7,14H,8-13,15-16H2,1-2H3,(H2,21,22,24);1H. The topological polar surface area (TPSA) is 55.8 Å². The molecular weight excluding hydrogens is 483 g/mol. The highest BCUT2D eigenvalue weighted by Crippen LogP contribution is 2.10. The van der Waals surface area contributed by atoms with Gasteiger partial charge in [0.05, 0.1) is 6.54 Å². The lowest BCUT2D eigenvalue weighted by atomic mass is 10.2. The number of hydrogen-bond acceptors (Lipinski definition) is 5. The second-order valence-corrected chi connectivity index (χ2v) is 8.14. The predicted octanol–water partition coefficient (Wildman–Crippen LogP) is 2.55. The van der Waals surface area contributed by atoms with Crippen LogP contribution in [0, 0.1) is 6.92 Å². The molecule has 0 amide bonds. The number of aliphatic imine (C=N–C) groups is 1. The van der Waals surface area contributed by atoms with Gasteiger partial charge in [0.25, 0.3) is 0 Å². The van der Waals surface area contributed by atoms with Crippen LogP contribution in [0.25, 0.3) is 0 Å². The minimum atomic E-state index is 0. The van der Waals surface area contributed by atoms with Gasteiger partial charge in [0.15, 0.2) is 5.96 Å². The molecule has 1 fully saturated rings. The molecule has 2 heterocycles. The highest BCUT2D eigenvalue weighted by atomic mass is 127. The summed E-state index contributed by atoms with van der Waals surface area (Å²) in [5.41, 5.74) is 1.40. The average Bonchev–Trinajstić information content (AvgIpc) is 3.12. The van der Waals surface area contributed by atoms with E-state index in [9.17, 15) is 0 Å². The van der Waals surface area contributed by atoms with E-state index in [2.05, 4.69) is 67.7 Å². The van der Waals surface area contributed by atoms with Crippen LogP contribution in [0.2, 0.25) is 0 Å². The van der Waals surface area contributed by atoms with Crippen molar-refractivity contribution in [1.82, 2.24) is 25.4 Å². The molecule has 3 rings (SSSR count). The number of nitrogens with zero attached hydrogens (tertiary/aromatic N) is 4. The molecule has 1 aliphatic rings. The maximum absolute atomic E-state index is 4.37. The van der Waals surface area contributed by atoms with E-state index in [0.717, 1.165) is 63.3 Å². The van der Waals surface area contributed by atoms with Crippen LogP contribution in [0.3, 0.4) is 0 Å². The number of piperazine rings is 1.